The Balaban J connectivity index is 2.47. The van der Waals surface area contributed by atoms with E-state index in [0.717, 1.165) is 5.56 Å². The van der Waals surface area contributed by atoms with E-state index in [2.05, 4.69) is 10.3 Å². The van der Waals surface area contributed by atoms with Crippen molar-refractivity contribution in [2.24, 2.45) is 0 Å². The van der Waals surface area contributed by atoms with E-state index in [1.807, 2.05) is 0 Å². The molecule has 0 radical (unpaired) electrons. The van der Waals surface area contributed by atoms with Gasteiger partial charge in [-0.05, 0) is 19.2 Å². The minimum absolute atomic E-state index is 0.325. The molecule has 2 aromatic heterocycles. The number of rotatable bonds is 3. The van der Waals surface area contributed by atoms with Crippen molar-refractivity contribution in [2.75, 3.05) is 7.05 Å². The van der Waals surface area contributed by atoms with Crippen molar-refractivity contribution in [3.05, 3.63) is 50.1 Å². The Hall–Kier alpha value is -0.680. The quantitative estimate of drug-likeness (QED) is 0.927. The van der Waals surface area contributed by atoms with Crippen LogP contribution in [0.25, 0.3) is 0 Å². The Morgan fingerprint density at radius 1 is 1.41 bits per heavy atom. The van der Waals surface area contributed by atoms with Crippen LogP contribution in [-0.4, -0.2) is 12.0 Å². The molecule has 2 aromatic rings. The molecule has 1 atom stereocenters. The van der Waals surface area contributed by atoms with Crippen molar-refractivity contribution in [3.63, 3.8) is 0 Å². The van der Waals surface area contributed by atoms with E-state index in [4.69, 9.17) is 23.2 Å². The number of hydrogen-bond donors (Lipinski definition) is 1. The average Bonchev–Trinajstić information content (AvgIpc) is 2.62. The van der Waals surface area contributed by atoms with Crippen molar-refractivity contribution in [3.8, 4) is 0 Å². The smallest absolute Gasteiger partial charge is 0.146 e. The Labute approximate surface area is 112 Å². The summed E-state index contributed by atoms with van der Waals surface area (Å²) >= 11 is 13.2. The van der Waals surface area contributed by atoms with Gasteiger partial charge in [0.25, 0.3) is 0 Å². The molecule has 0 aromatic carbocycles. The van der Waals surface area contributed by atoms with Crippen molar-refractivity contribution in [2.45, 2.75) is 6.04 Å². The third-order valence-corrected chi connectivity index (χ3v) is 3.92. The SMILES string of the molecule is CNC(c1ccncc1F)c1cc(Cl)sc1Cl. The van der Waals surface area contributed by atoms with Gasteiger partial charge in [-0.1, -0.05) is 23.2 Å². The zero-order valence-electron chi connectivity index (χ0n) is 8.88. The van der Waals surface area contributed by atoms with Gasteiger partial charge in [-0.2, -0.15) is 0 Å². The molecule has 0 spiro atoms. The van der Waals surface area contributed by atoms with E-state index in [1.165, 1.54) is 17.5 Å². The molecule has 1 N–H and O–H groups in total. The summed E-state index contributed by atoms with van der Waals surface area (Å²) in [6.07, 6.45) is 2.73. The van der Waals surface area contributed by atoms with Gasteiger partial charge in [-0.25, -0.2) is 4.39 Å². The number of pyridine rings is 1. The fraction of sp³-hybridized carbons (Fsp3) is 0.182. The third kappa shape index (κ3) is 2.60. The van der Waals surface area contributed by atoms with Gasteiger partial charge in [0.05, 0.1) is 20.9 Å². The fourth-order valence-electron chi connectivity index (χ4n) is 1.65. The summed E-state index contributed by atoms with van der Waals surface area (Å²) in [5.41, 5.74) is 1.27. The van der Waals surface area contributed by atoms with Gasteiger partial charge in [0.2, 0.25) is 0 Å². The molecule has 2 heterocycles. The van der Waals surface area contributed by atoms with Crippen molar-refractivity contribution < 1.29 is 4.39 Å². The van der Waals surface area contributed by atoms with Gasteiger partial charge in [-0.3, -0.25) is 4.98 Å². The lowest BCUT2D eigenvalue weighted by Crippen LogP contribution is -2.18. The van der Waals surface area contributed by atoms with E-state index < -0.39 is 0 Å². The summed E-state index contributed by atoms with van der Waals surface area (Å²) in [6, 6.07) is 3.04. The number of thiophene rings is 1. The second kappa shape index (κ2) is 5.31. The number of halogens is 3. The van der Waals surface area contributed by atoms with Crippen LogP contribution < -0.4 is 5.32 Å². The zero-order chi connectivity index (χ0) is 12.4. The molecule has 0 saturated heterocycles. The number of nitrogens with zero attached hydrogens (tertiary/aromatic N) is 1. The Morgan fingerprint density at radius 3 is 2.71 bits per heavy atom. The Bertz CT molecular complexity index is 530. The van der Waals surface area contributed by atoms with Crippen LogP contribution in [0.2, 0.25) is 8.67 Å². The van der Waals surface area contributed by atoms with Gasteiger partial charge in [0, 0.05) is 17.3 Å². The average molecular weight is 291 g/mol. The molecule has 2 rings (SSSR count). The number of nitrogens with one attached hydrogen (secondary N) is 1. The molecule has 0 saturated carbocycles. The first-order valence-electron chi connectivity index (χ1n) is 4.85. The maximum atomic E-state index is 13.7. The molecule has 6 heteroatoms. The summed E-state index contributed by atoms with van der Waals surface area (Å²) in [7, 11) is 1.74. The van der Waals surface area contributed by atoms with Gasteiger partial charge in [-0.15, -0.1) is 11.3 Å². The van der Waals surface area contributed by atoms with Crippen LogP contribution in [0.15, 0.2) is 24.5 Å². The zero-order valence-corrected chi connectivity index (χ0v) is 11.2. The minimum atomic E-state index is -0.370. The molecule has 0 amide bonds. The predicted octanol–water partition coefficient (Wildman–Crippen LogP) is 3.90. The first-order valence-corrected chi connectivity index (χ1v) is 6.42. The lowest BCUT2D eigenvalue weighted by Gasteiger charge is -2.16. The van der Waals surface area contributed by atoms with E-state index in [9.17, 15) is 4.39 Å². The second-order valence-electron chi connectivity index (χ2n) is 3.40. The second-order valence-corrected chi connectivity index (χ2v) is 5.68. The highest BCUT2D eigenvalue weighted by atomic mass is 35.5. The molecule has 2 nitrogen and oxygen atoms in total. The molecule has 1 unspecified atom stereocenters. The van der Waals surface area contributed by atoms with Crippen LogP contribution in [0.4, 0.5) is 4.39 Å². The summed E-state index contributed by atoms with van der Waals surface area (Å²) in [5.74, 6) is -0.370. The normalized spacial score (nSPS) is 12.7. The maximum Gasteiger partial charge on any atom is 0.146 e. The number of hydrogen-bond acceptors (Lipinski definition) is 3. The highest BCUT2D eigenvalue weighted by Crippen LogP contribution is 2.37. The van der Waals surface area contributed by atoms with Crippen LogP contribution in [0, 0.1) is 5.82 Å². The van der Waals surface area contributed by atoms with E-state index >= 15 is 0 Å². The lowest BCUT2D eigenvalue weighted by molar-refractivity contribution is 0.571. The first kappa shape index (κ1) is 12.8. The van der Waals surface area contributed by atoms with E-state index in [1.54, 1.807) is 25.4 Å². The van der Waals surface area contributed by atoms with Gasteiger partial charge >= 0.3 is 0 Å². The molecule has 0 aliphatic heterocycles. The van der Waals surface area contributed by atoms with Gasteiger partial charge in [0.1, 0.15) is 5.82 Å². The lowest BCUT2D eigenvalue weighted by atomic mass is 10.0. The molecule has 0 fully saturated rings. The molecule has 0 bridgehead atoms. The molecular formula is C11H9Cl2FN2S. The van der Waals surface area contributed by atoms with Crippen LogP contribution >= 0.6 is 34.5 Å². The summed E-state index contributed by atoms with van der Waals surface area (Å²) in [5, 5.41) is 3.03. The maximum absolute atomic E-state index is 13.7. The highest BCUT2D eigenvalue weighted by Gasteiger charge is 2.20. The Kier molecular flexibility index (Phi) is 3.99. The monoisotopic (exact) mass is 290 g/mol. The minimum Gasteiger partial charge on any atom is -0.309 e. The largest absolute Gasteiger partial charge is 0.309 e. The Morgan fingerprint density at radius 2 is 2.18 bits per heavy atom. The molecule has 17 heavy (non-hydrogen) atoms. The molecular weight excluding hydrogens is 282 g/mol. The van der Waals surface area contributed by atoms with Crippen molar-refractivity contribution in [1.82, 2.24) is 10.3 Å². The first-order chi connectivity index (χ1) is 8.13. The van der Waals surface area contributed by atoms with Crippen LogP contribution in [-0.2, 0) is 0 Å². The van der Waals surface area contributed by atoms with E-state index in [0.29, 0.717) is 14.2 Å². The predicted molar refractivity (Wildman–Crippen MR) is 69.4 cm³/mol. The standard InChI is InChI=1S/C11H9Cl2FN2S/c1-15-10(6-2-3-16-5-8(6)14)7-4-9(12)17-11(7)13/h2-5,10,15H,1H3. The van der Waals surface area contributed by atoms with Crippen molar-refractivity contribution >= 4 is 34.5 Å². The van der Waals surface area contributed by atoms with Crippen LogP contribution in [0.1, 0.15) is 17.2 Å². The summed E-state index contributed by atoms with van der Waals surface area (Å²) in [6.45, 7) is 0. The third-order valence-electron chi connectivity index (χ3n) is 2.40. The van der Waals surface area contributed by atoms with E-state index in [-0.39, 0.29) is 11.9 Å². The van der Waals surface area contributed by atoms with Crippen molar-refractivity contribution in [1.29, 1.82) is 0 Å². The fourth-order valence-corrected chi connectivity index (χ4v) is 3.18. The summed E-state index contributed by atoms with van der Waals surface area (Å²) in [4.78, 5) is 3.72. The molecule has 90 valence electrons. The number of aromatic nitrogens is 1. The topological polar surface area (TPSA) is 24.9 Å². The van der Waals surface area contributed by atoms with Crippen LogP contribution in [0.3, 0.4) is 0 Å². The summed E-state index contributed by atoms with van der Waals surface area (Å²) < 4.78 is 14.8. The highest BCUT2D eigenvalue weighted by molar-refractivity contribution is 7.20. The van der Waals surface area contributed by atoms with Crippen LogP contribution in [0.5, 0.6) is 0 Å². The van der Waals surface area contributed by atoms with Gasteiger partial charge < -0.3 is 5.32 Å². The van der Waals surface area contributed by atoms with Gasteiger partial charge in [0.15, 0.2) is 0 Å². The molecule has 0 aliphatic carbocycles. The molecule has 0 aliphatic rings.